The highest BCUT2D eigenvalue weighted by Gasteiger charge is 2.28. The molecule has 1 aromatic carbocycles. The van der Waals surface area contributed by atoms with Crippen LogP contribution in [0.25, 0.3) is 22.0 Å². The van der Waals surface area contributed by atoms with Crippen LogP contribution in [0.2, 0.25) is 0 Å². The van der Waals surface area contributed by atoms with Gasteiger partial charge in [0.1, 0.15) is 6.07 Å². The van der Waals surface area contributed by atoms with E-state index < -0.39 is 0 Å². The van der Waals surface area contributed by atoms with Crippen molar-refractivity contribution >= 4 is 16.6 Å². The Morgan fingerprint density at radius 2 is 1.92 bits per heavy atom. The van der Waals surface area contributed by atoms with E-state index in [0.717, 1.165) is 27.7 Å². The molecule has 24 heavy (non-hydrogen) atoms. The molecule has 1 unspecified atom stereocenters. The van der Waals surface area contributed by atoms with E-state index in [1.165, 1.54) is 12.8 Å². The minimum Gasteiger partial charge on any atom is -0.379 e. The molecule has 5 nitrogen and oxygen atoms in total. The highest BCUT2D eigenvalue weighted by molar-refractivity contribution is 5.95. The van der Waals surface area contributed by atoms with Gasteiger partial charge >= 0.3 is 0 Å². The van der Waals surface area contributed by atoms with Gasteiger partial charge in [-0.15, -0.1) is 10.2 Å². The number of nitrogens with one attached hydrogen (secondary N) is 1. The number of hydrogen-bond acceptors (Lipinski definition) is 5. The smallest absolute Gasteiger partial charge is 0.186 e. The van der Waals surface area contributed by atoms with Crippen molar-refractivity contribution in [3.05, 3.63) is 48.4 Å². The van der Waals surface area contributed by atoms with Gasteiger partial charge in [0, 0.05) is 23.8 Å². The summed E-state index contributed by atoms with van der Waals surface area (Å²) in [5.74, 6) is 0.691. The number of pyridine rings is 1. The van der Waals surface area contributed by atoms with Gasteiger partial charge in [-0.2, -0.15) is 5.26 Å². The lowest BCUT2D eigenvalue weighted by Gasteiger charge is -2.17. The second kappa shape index (κ2) is 5.89. The minimum absolute atomic E-state index is 0.337. The maximum Gasteiger partial charge on any atom is 0.186 e. The molecule has 1 saturated carbocycles. The van der Waals surface area contributed by atoms with E-state index in [-0.39, 0.29) is 0 Å². The van der Waals surface area contributed by atoms with E-state index in [0.29, 0.717) is 17.7 Å². The first kappa shape index (κ1) is 14.6. The molecule has 1 N–H and O–H groups in total. The number of anilines is 1. The molecule has 4 rings (SSSR count). The maximum atomic E-state index is 9.38. The fraction of sp³-hybridized carbons (Fsp3) is 0.263. The predicted octanol–water partition coefficient (Wildman–Crippen LogP) is 3.77. The maximum absolute atomic E-state index is 9.38. The number of benzene rings is 1. The Bertz CT molecular complexity index is 926. The molecule has 1 aliphatic carbocycles. The van der Waals surface area contributed by atoms with Crippen molar-refractivity contribution in [2.45, 2.75) is 25.8 Å². The van der Waals surface area contributed by atoms with E-state index in [4.69, 9.17) is 0 Å². The van der Waals surface area contributed by atoms with E-state index in [1.54, 1.807) is 12.4 Å². The molecule has 2 heterocycles. The van der Waals surface area contributed by atoms with Gasteiger partial charge in [-0.05, 0) is 61.1 Å². The monoisotopic (exact) mass is 315 g/mol. The molecule has 1 fully saturated rings. The summed E-state index contributed by atoms with van der Waals surface area (Å²) < 4.78 is 0. The second-order valence-corrected chi connectivity index (χ2v) is 6.27. The minimum atomic E-state index is 0.337. The SMILES string of the molecule is CC(Nc1c(C#N)nnc2cc(-c3ccncc3)ccc12)C1CC1. The zero-order valence-electron chi connectivity index (χ0n) is 13.4. The topological polar surface area (TPSA) is 74.5 Å². The summed E-state index contributed by atoms with van der Waals surface area (Å²) in [4.78, 5) is 4.05. The van der Waals surface area contributed by atoms with E-state index in [1.807, 2.05) is 30.3 Å². The van der Waals surface area contributed by atoms with Crippen LogP contribution in [0, 0.1) is 17.2 Å². The normalized spacial score (nSPS) is 15.0. The number of fused-ring (bicyclic) bond motifs is 1. The fourth-order valence-corrected chi connectivity index (χ4v) is 3.00. The Hall–Kier alpha value is -3.00. The third-order valence-corrected chi connectivity index (χ3v) is 4.58. The molecule has 0 radical (unpaired) electrons. The Morgan fingerprint density at radius 1 is 1.12 bits per heavy atom. The van der Waals surface area contributed by atoms with Gasteiger partial charge in [0.05, 0.1) is 11.2 Å². The van der Waals surface area contributed by atoms with Crippen molar-refractivity contribution in [1.29, 1.82) is 5.26 Å². The lowest BCUT2D eigenvalue weighted by Crippen LogP contribution is -2.19. The molecule has 0 spiro atoms. The van der Waals surface area contributed by atoms with Crippen LogP contribution >= 0.6 is 0 Å². The molecule has 118 valence electrons. The summed E-state index contributed by atoms with van der Waals surface area (Å²) in [6, 6.07) is 12.5. The molecular formula is C19H17N5. The largest absolute Gasteiger partial charge is 0.379 e. The van der Waals surface area contributed by atoms with Crippen molar-refractivity contribution in [1.82, 2.24) is 15.2 Å². The van der Waals surface area contributed by atoms with Gasteiger partial charge in [0.2, 0.25) is 0 Å². The van der Waals surface area contributed by atoms with Gasteiger partial charge in [-0.3, -0.25) is 4.98 Å². The molecule has 2 aromatic heterocycles. The van der Waals surface area contributed by atoms with Crippen LogP contribution in [-0.4, -0.2) is 21.2 Å². The Balaban J connectivity index is 1.80. The molecular weight excluding hydrogens is 298 g/mol. The van der Waals surface area contributed by atoms with Gasteiger partial charge < -0.3 is 5.32 Å². The van der Waals surface area contributed by atoms with Crippen LogP contribution < -0.4 is 5.32 Å². The third-order valence-electron chi connectivity index (χ3n) is 4.58. The lowest BCUT2D eigenvalue weighted by molar-refractivity contribution is 0.694. The molecule has 0 amide bonds. The predicted molar refractivity (Wildman–Crippen MR) is 93.3 cm³/mol. The first-order valence-electron chi connectivity index (χ1n) is 8.14. The highest BCUT2D eigenvalue weighted by Crippen LogP contribution is 2.36. The van der Waals surface area contributed by atoms with E-state index in [9.17, 15) is 5.26 Å². The van der Waals surface area contributed by atoms with Crippen molar-refractivity contribution in [2.75, 3.05) is 5.32 Å². The molecule has 1 atom stereocenters. The van der Waals surface area contributed by atoms with Crippen molar-refractivity contribution in [2.24, 2.45) is 5.92 Å². The summed E-state index contributed by atoms with van der Waals surface area (Å²) in [5.41, 5.74) is 4.08. The first-order chi connectivity index (χ1) is 11.8. The fourth-order valence-electron chi connectivity index (χ4n) is 3.00. The molecule has 0 saturated heterocycles. The van der Waals surface area contributed by atoms with Crippen LogP contribution in [0.1, 0.15) is 25.5 Å². The number of rotatable bonds is 4. The number of hydrogen-bond donors (Lipinski definition) is 1. The average molecular weight is 315 g/mol. The van der Waals surface area contributed by atoms with Gasteiger partial charge in [0.15, 0.2) is 5.69 Å². The van der Waals surface area contributed by atoms with Crippen molar-refractivity contribution in [3.63, 3.8) is 0 Å². The summed E-state index contributed by atoms with van der Waals surface area (Å²) in [6.45, 7) is 2.16. The van der Waals surface area contributed by atoms with E-state index in [2.05, 4.69) is 33.5 Å². The Labute approximate surface area is 140 Å². The van der Waals surface area contributed by atoms with Gasteiger partial charge in [-0.25, -0.2) is 0 Å². The van der Waals surface area contributed by atoms with Crippen LogP contribution in [-0.2, 0) is 0 Å². The van der Waals surface area contributed by atoms with Crippen molar-refractivity contribution in [3.8, 4) is 17.2 Å². The molecule has 5 heteroatoms. The van der Waals surface area contributed by atoms with E-state index >= 15 is 0 Å². The number of nitrogens with zero attached hydrogens (tertiary/aromatic N) is 4. The highest BCUT2D eigenvalue weighted by atomic mass is 15.1. The lowest BCUT2D eigenvalue weighted by atomic mass is 10.0. The van der Waals surface area contributed by atoms with Crippen LogP contribution in [0.15, 0.2) is 42.7 Å². The zero-order valence-corrected chi connectivity index (χ0v) is 13.4. The summed E-state index contributed by atoms with van der Waals surface area (Å²) >= 11 is 0. The molecule has 1 aliphatic rings. The quantitative estimate of drug-likeness (QED) is 0.793. The third kappa shape index (κ3) is 2.67. The number of aromatic nitrogens is 3. The Morgan fingerprint density at radius 3 is 2.62 bits per heavy atom. The molecule has 3 aromatic rings. The van der Waals surface area contributed by atoms with Crippen LogP contribution in [0.3, 0.4) is 0 Å². The standard InChI is InChI=1S/C19H17N5/c1-12(13-2-3-13)22-19-16-5-4-15(14-6-8-21-9-7-14)10-17(16)23-24-18(19)11-20/h4-10,12-13H,2-3H2,1H3,(H,22,23). The summed E-state index contributed by atoms with van der Waals surface area (Å²) in [7, 11) is 0. The Kier molecular flexibility index (Phi) is 3.58. The zero-order chi connectivity index (χ0) is 16.5. The first-order valence-corrected chi connectivity index (χ1v) is 8.14. The van der Waals surface area contributed by atoms with Crippen LogP contribution in [0.5, 0.6) is 0 Å². The van der Waals surface area contributed by atoms with Gasteiger partial charge in [0.25, 0.3) is 0 Å². The molecule has 0 bridgehead atoms. The average Bonchev–Trinajstić information content (AvgIpc) is 3.47. The summed E-state index contributed by atoms with van der Waals surface area (Å²) in [5, 5.41) is 22.2. The van der Waals surface area contributed by atoms with Gasteiger partial charge in [-0.1, -0.05) is 6.07 Å². The number of nitriles is 1. The van der Waals surface area contributed by atoms with Crippen LogP contribution in [0.4, 0.5) is 5.69 Å². The van der Waals surface area contributed by atoms with Crippen molar-refractivity contribution < 1.29 is 0 Å². The molecule has 0 aliphatic heterocycles. The second-order valence-electron chi connectivity index (χ2n) is 6.27. The summed E-state index contributed by atoms with van der Waals surface area (Å²) in [6.07, 6.45) is 6.04.